The van der Waals surface area contributed by atoms with Crippen LogP contribution in [-0.2, 0) is 15.6 Å². The zero-order valence-electron chi connectivity index (χ0n) is 22.3. The lowest BCUT2D eigenvalue weighted by Gasteiger charge is -2.22. The number of hydrogen-bond acceptors (Lipinski definition) is 7. The summed E-state index contributed by atoms with van der Waals surface area (Å²) in [4.78, 5) is 15.6. The summed E-state index contributed by atoms with van der Waals surface area (Å²) in [6.07, 6.45) is 4.30. The number of amides is 1. The Balaban J connectivity index is 1.62. The zero-order valence-corrected chi connectivity index (χ0v) is 23.9. The van der Waals surface area contributed by atoms with E-state index in [-0.39, 0.29) is 34.4 Å². The third kappa shape index (κ3) is 5.44. The van der Waals surface area contributed by atoms with E-state index >= 15 is 4.39 Å². The third-order valence-electron chi connectivity index (χ3n) is 6.93. The van der Waals surface area contributed by atoms with E-state index in [4.69, 9.17) is 32.9 Å². The molecule has 2 heterocycles. The van der Waals surface area contributed by atoms with E-state index in [0.29, 0.717) is 35.9 Å². The smallest absolute Gasteiger partial charge is 0.404 e. The predicted octanol–water partition coefficient (Wildman–Crippen LogP) is 5.75. The van der Waals surface area contributed by atoms with Gasteiger partial charge in [-0.05, 0) is 56.5 Å². The molecule has 0 fully saturated rings. The number of carbonyl (C=O) groups is 1. The average molecular weight is 599 g/mol. The number of allylic oxidation sites excluding steroid dienone is 1. The number of pyridine rings is 1. The van der Waals surface area contributed by atoms with Crippen LogP contribution in [0, 0.1) is 5.82 Å². The SMILES string of the molecule is CC(C)n1nc(-c2ccc(N(c3ccccc3Cl)[SH](=O)=O)c(F)c2)c2c(N)ncc(C3=CCC(OC(N)=O)CC3)c21. The molecule has 1 amide bonds. The minimum absolute atomic E-state index is 0.0775. The van der Waals surface area contributed by atoms with E-state index in [0.717, 1.165) is 21.0 Å². The number of nitrogens with two attached hydrogens (primary N) is 2. The minimum atomic E-state index is -3.25. The fourth-order valence-corrected chi connectivity index (χ4v) is 6.05. The molecule has 4 aromatic rings. The summed E-state index contributed by atoms with van der Waals surface area (Å²) in [6.45, 7) is 3.94. The molecule has 10 nitrogen and oxygen atoms in total. The van der Waals surface area contributed by atoms with Crippen LogP contribution in [-0.4, -0.2) is 35.4 Å². The lowest BCUT2D eigenvalue weighted by molar-refractivity contribution is 0.102. The van der Waals surface area contributed by atoms with E-state index in [2.05, 4.69) is 4.98 Å². The van der Waals surface area contributed by atoms with Crippen molar-refractivity contribution in [1.29, 1.82) is 0 Å². The highest BCUT2D eigenvalue weighted by Crippen LogP contribution is 2.41. The van der Waals surface area contributed by atoms with Crippen LogP contribution in [0.1, 0.15) is 44.7 Å². The molecule has 41 heavy (non-hydrogen) atoms. The molecule has 13 heteroatoms. The van der Waals surface area contributed by atoms with Crippen molar-refractivity contribution in [3.05, 3.63) is 71.1 Å². The number of thiol groups is 1. The molecule has 0 saturated heterocycles. The Morgan fingerprint density at radius 2 is 1.98 bits per heavy atom. The summed E-state index contributed by atoms with van der Waals surface area (Å²) in [7, 11) is -3.25. The molecule has 4 N–H and O–H groups in total. The van der Waals surface area contributed by atoms with Crippen LogP contribution in [0.4, 0.5) is 26.4 Å². The molecule has 1 aliphatic carbocycles. The number of anilines is 3. The largest absolute Gasteiger partial charge is 0.446 e. The van der Waals surface area contributed by atoms with Gasteiger partial charge >= 0.3 is 6.09 Å². The Morgan fingerprint density at radius 1 is 1.22 bits per heavy atom. The number of hydrogen-bond donors (Lipinski definition) is 3. The third-order valence-corrected chi connectivity index (χ3v) is 8.01. The van der Waals surface area contributed by atoms with Gasteiger partial charge in [0.1, 0.15) is 23.4 Å². The van der Waals surface area contributed by atoms with Crippen molar-refractivity contribution in [3.63, 3.8) is 0 Å². The molecule has 1 unspecified atom stereocenters. The van der Waals surface area contributed by atoms with Crippen LogP contribution in [0.15, 0.2) is 54.7 Å². The van der Waals surface area contributed by atoms with E-state index in [1.165, 1.54) is 24.3 Å². The van der Waals surface area contributed by atoms with Crippen molar-refractivity contribution in [3.8, 4) is 11.3 Å². The van der Waals surface area contributed by atoms with Crippen molar-refractivity contribution < 1.29 is 22.3 Å². The number of aromatic nitrogens is 3. The van der Waals surface area contributed by atoms with Gasteiger partial charge in [0.05, 0.1) is 27.3 Å². The maximum Gasteiger partial charge on any atom is 0.404 e. The molecule has 2 aromatic heterocycles. The molecular weight excluding hydrogens is 571 g/mol. The normalized spacial score (nSPS) is 15.4. The number of para-hydroxylation sites is 1. The van der Waals surface area contributed by atoms with E-state index in [1.54, 1.807) is 24.4 Å². The molecule has 1 atom stereocenters. The second kappa shape index (κ2) is 11.4. The highest BCUT2D eigenvalue weighted by molar-refractivity contribution is 7.74. The van der Waals surface area contributed by atoms with Crippen molar-refractivity contribution in [1.82, 2.24) is 14.8 Å². The van der Waals surface area contributed by atoms with Gasteiger partial charge in [-0.25, -0.2) is 26.9 Å². The quantitative estimate of drug-likeness (QED) is 0.230. The summed E-state index contributed by atoms with van der Waals surface area (Å²) < 4.78 is 47.8. The van der Waals surface area contributed by atoms with Gasteiger partial charge in [-0.15, -0.1) is 0 Å². The molecule has 0 aliphatic heterocycles. The van der Waals surface area contributed by atoms with Gasteiger partial charge in [0, 0.05) is 29.8 Å². The monoisotopic (exact) mass is 598 g/mol. The van der Waals surface area contributed by atoms with Crippen molar-refractivity contribution in [2.24, 2.45) is 5.73 Å². The fraction of sp³-hybridized carbons (Fsp3) is 0.250. The second-order valence-corrected chi connectivity index (χ2v) is 11.2. The van der Waals surface area contributed by atoms with E-state index in [1.807, 2.05) is 24.6 Å². The lowest BCUT2D eigenvalue weighted by Crippen LogP contribution is -2.24. The first-order valence-electron chi connectivity index (χ1n) is 12.9. The van der Waals surface area contributed by atoms with Gasteiger partial charge in [-0.1, -0.05) is 35.9 Å². The standard InChI is InChI=1S/C28H28ClFN6O4S/c1-15(2)35-26-19(16-7-10-18(11-8-16)40-28(32)37)14-33-27(31)24(26)25(34-35)17-9-12-23(21(30)13-17)36(41(38)39)22-6-4-3-5-20(22)29/h3-7,9,12-15,18,41H,8,10-11H2,1-2H3,(H2,31,33)(H2,32,37). The molecular formula is C28H28ClFN6O4S. The van der Waals surface area contributed by atoms with Crippen molar-refractivity contribution >= 4 is 62.3 Å². The molecule has 0 spiro atoms. The number of halogens is 2. The molecule has 1 aliphatic rings. The summed E-state index contributed by atoms with van der Waals surface area (Å²) in [5, 5.41) is 5.53. The number of nitrogens with zero attached hydrogens (tertiary/aromatic N) is 4. The number of fused-ring (bicyclic) bond motifs is 1. The average Bonchev–Trinajstić information content (AvgIpc) is 3.33. The summed E-state index contributed by atoms with van der Waals surface area (Å²) >= 11 is 6.22. The lowest BCUT2D eigenvalue weighted by atomic mass is 9.91. The van der Waals surface area contributed by atoms with Gasteiger partial charge < -0.3 is 16.2 Å². The van der Waals surface area contributed by atoms with Crippen LogP contribution in [0.3, 0.4) is 0 Å². The highest BCUT2D eigenvalue weighted by Gasteiger charge is 2.26. The first-order valence-corrected chi connectivity index (χ1v) is 14.4. The predicted molar refractivity (Wildman–Crippen MR) is 158 cm³/mol. The summed E-state index contributed by atoms with van der Waals surface area (Å²) in [5.74, 6) is -0.561. The number of rotatable bonds is 7. The van der Waals surface area contributed by atoms with E-state index in [9.17, 15) is 13.2 Å². The Morgan fingerprint density at radius 3 is 2.59 bits per heavy atom. The van der Waals surface area contributed by atoms with Crippen LogP contribution < -0.4 is 15.8 Å². The van der Waals surface area contributed by atoms with E-state index < -0.39 is 22.8 Å². The first-order chi connectivity index (χ1) is 19.6. The maximum atomic E-state index is 15.6. The molecule has 2 aromatic carbocycles. The maximum absolute atomic E-state index is 15.6. The zero-order chi connectivity index (χ0) is 29.4. The highest BCUT2D eigenvalue weighted by atomic mass is 35.5. The van der Waals surface area contributed by atoms with Gasteiger partial charge in [-0.2, -0.15) is 5.10 Å². The molecule has 0 bridgehead atoms. The van der Waals surface area contributed by atoms with Crippen LogP contribution in [0.2, 0.25) is 5.02 Å². The fourth-order valence-electron chi connectivity index (χ4n) is 5.09. The summed E-state index contributed by atoms with van der Waals surface area (Å²) in [6, 6.07) is 10.4. The first kappa shape index (κ1) is 28.4. The van der Waals surface area contributed by atoms with Crippen molar-refractivity contribution in [2.75, 3.05) is 10.0 Å². The van der Waals surface area contributed by atoms with Gasteiger partial charge in [0.2, 0.25) is 10.9 Å². The molecule has 5 rings (SSSR count). The van der Waals surface area contributed by atoms with Gasteiger partial charge in [-0.3, -0.25) is 4.68 Å². The Labute approximate surface area is 242 Å². The van der Waals surface area contributed by atoms with Crippen molar-refractivity contribution in [2.45, 2.75) is 45.3 Å². The van der Waals surface area contributed by atoms with Crippen LogP contribution in [0.25, 0.3) is 27.7 Å². The number of primary amides is 1. The number of ether oxygens (including phenoxy) is 1. The Hall–Kier alpha value is -4.16. The number of benzene rings is 2. The summed E-state index contributed by atoms with van der Waals surface area (Å²) in [5.41, 5.74) is 14.9. The second-order valence-electron chi connectivity index (χ2n) is 9.90. The topological polar surface area (TPSA) is 146 Å². The molecule has 0 saturated carbocycles. The number of carbonyl (C=O) groups excluding carboxylic acids is 1. The Kier molecular flexibility index (Phi) is 7.87. The van der Waals surface area contributed by atoms with Crippen LogP contribution >= 0.6 is 11.6 Å². The van der Waals surface area contributed by atoms with Gasteiger partial charge in [0.25, 0.3) is 0 Å². The van der Waals surface area contributed by atoms with Crippen LogP contribution in [0.5, 0.6) is 0 Å². The number of nitrogen functional groups attached to an aromatic ring is 1. The minimum Gasteiger partial charge on any atom is -0.446 e. The molecule has 0 radical (unpaired) electrons. The van der Waals surface area contributed by atoms with Gasteiger partial charge in [0.15, 0.2) is 0 Å². The molecule has 214 valence electrons. The Bertz CT molecular complexity index is 1760.